The highest BCUT2D eigenvalue weighted by atomic mass is 19.1. The number of nitrogens with zero attached hydrogens (tertiary/aromatic N) is 4. The number of anilines is 1. The van der Waals surface area contributed by atoms with Gasteiger partial charge in [-0.05, 0) is 56.2 Å². The number of nitrogens with one attached hydrogen (secondary N) is 1. The highest BCUT2D eigenvalue weighted by Crippen LogP contribution is 2.36. The van der Waals surface area contributed by atoms with E-state index < -0.39 is 11.7 Å². The zero-order valence-corrected chi connectivity index (χ0v) is 16.9. The van der Waals surface area contributed by atoms with Crippen LogP contribution in [0, 0.1) is 12.7 Å². The molecule has 0 saturated heterocycles. The maximum Gasteiger partial charge on any atom is 0.259 e. The van der Waals surface area contributed by atoms with Gasteiger partial charge in [-0.1, -0.05) is 23.7 Å². The third-order valence-electron chi connectivity index (χ3n) is 5.55. The lowest BCUT2D eigenvalue weighted by molar-refractivity contribution is 0.102. The number of aryl methyl sites for hydroxylation is 1. The first-order valence-electron chi connectivity index (χ1n) is 10.1. The third kappa shape index (κ3) is 3.72. The summed E-state index contributed by atoms with van der Waals surface area (Å²) in [4.78, 5) is 17.1. The van der Waals surface area contributed by atoms with Crippen molar-refractivity contribution in [3.8, 4) is 17.1 Å². The van der Waals surface area contributed by atoms with Crippen molar-refractivity contribution in [1.29, 1.82) is 0 Å². The highest BCUT2D eigenvalue weighted by Gasteiger charge is 2.25. The first-order valence-corrected chi connectivity index (χ1v) is 10.1. The molecule has 0 aliphatic heterocycles. The molecule has 0 radical (unpaired) electrons. The molecule has 2 aromatic carbocycles. The number of hydrogen-bond acceptors (Lipinski definition) is 5. The van der Waals surface area contributed by atoms with Gasteiger partial charge in [0.25, 0.3) is 5.91 Å². The fourth-order valence-corrected chi connectivity index (χ4v) is 3.50. The van der Waals surface area contributed by atoms with E-state index in [9.17, 15) is 9.18 Å². The Labute approximate surface area is 177 Å². The number of rotatable bonds is 5. The van der Waals surface area contributed by atoms with E-state index in [4.69, 9.17) is 4.52 Å². The van der Waals surface area contributed by atoms with Crippen molar-refractivity contribution in [2.75, 3.05) is 5.32 Å². The Morgan fingerprint density at radius 2 is 1.94 bits per heavy atom. The minimum atomic E-state index is -0.488. The van der Waals surface area contributed by atoms with Gasteiger partial charge in [-0.25, -0.2) is 9.07 Å². The molecule has 0 atom stereocenters. The molecule has 5 rings (SSSR count). The van der Waals surface area contributed by atoms with Crippen LogP contribution in [-0.4, -0.2) is 25.8 Å². The molecule has 0 spiro atoms. The lowest BCUT2D eigenvalue weighted by Crippen LogP contribution is -2.13. The minimum absolute atomic E-state index is 0.130. The minimum Gasteiger partial charge on any atom is -0.339 e. The van der Waals surface area contributed by atoms with Crippen LogP contribution in [0.1, 0.15) is 47.1 Å². The Balaban J connectivity index is 1.34. The molecule has 1 aliphatic rings. The van der Waals surface area contributed by atoms with Gasteiger partial charge in [0.1, 0.15) is 5.82 Å². The van der Waals surface area contributed by atoms with E-state index in [1.165, 1.54) is 18.6 Å². The summed E-state index contributed by atoms with van der Waals surface area (Å²) in [5.74, 6) is 0.759. The van der Waals surface area contributed by atoms with Gasteiger partial charge < -0.3 is 9.84 Å². The first-order chi connectivity index (χ1) is 15.1. The van der Waals surface area contributed by atoms with E-state index in [1.807, 2.05) is 24.3 Å². The summed E-state index contributed by atoms with van der Waals surface area (Å²) in [7, 11) is 0. The highest BCUT2D eigenvalue weighted by molar-refractivity contribution is 6.05. The summed E-state index contributed by atoms with van der Waals surface area (Å²) in [5, 5.41) is 11.1. The number of hydrogen-bond donors (Lipinski definition) is 1. The molecule has 0 bridgehead atoms. The molecule has 31 heavy (non-hydrogen) atoms. The summed E-state index contributed by atoms with van der Waals surface area (Å²) in [6, 6.07) is 13.6. The molecule has 4 aromatic rings. The summed E-state index contributed by atoms with van der Waals surface area (Å²) in [6.07, 6.45) is 5.04. The topological polar surface area (TPSA) is 85.8 Å². The molecule has 1 saturated carbocycles. The van der Waals surface area contributed by atoms with Gasteiger partial charge in [0.15, 0.2) is 0 Å². The molecule has 1 fully saturated rings. The smallest absolute Gasteiger partial charge is 0.259 e. The van der Waals surface area contributed by atoms with Crippen LogP contribution < -0.4 is 5.32 Å². The van der Waals surface area contributed by atoms with E-state index in [-0.39, 0.29) is 5.69 Å². The summed E-state index contributed by atoms with van der Waals surface area (Å²) >= 11 is 0. The lowest BCUT2D eigenvalue weighted by Gasteiger charge is -2.20. The van der Waals surface area contributed by atoms with Gasteiger partial charge in [0.05, 0.1) is 22.6 Å². The van der Waals surface area contributed by atoms with Crippen LogP contribution in [0.15, 0.2) is 59.3 Å². The Morgan fingerprint density at radius 3 is 2.65 bits per heavy atom. The maximum atomic E-state index is 13.8. The maximum absolute atomic E-state index is 13.8. The van der Waals surface area contributed by atoms with Crippen LogP contribution >= 0.6 is 0 Å². The molecule has 7 nitrogen and oxygen atoms in total. The quantitative estimate of drug-likeness (QED) is 0.500. The summed E-state index contributed by atoms with van der Waals surface area (Å²) in [6.45, 7) is 1.74. The molecule has 156 valence electrons. The zero-order valence-electron chi connectivity index (χ0n) is 16.9. The van der Waals surface area contributed by atoms with Crippen LogP contribution in [0.2, 0.25) is 0 Å². The van der Waals surface area contributed by atoms with Crippen LogP contribution in [0.4, 0.5) is 10.1 Å². The van der Waals surface area contributed by atoms with Gasteiger partial charge in [0.2, 0.25) is 11.7 Å². The van der Waals surface area contributed by atoms with E-state index in [0.29, 0.717) is 28.9 Å². The largest absolute Gasteiger partial charge is 0.339 e. The van der Waals surface area contributed by atoms with E-state index in [2.05, 4.69) is 20.6 Å². The van der Waals surface area contributed by atoms with Crippen LogP contribution in [0.25, 0.3) is 17.1 Å². The molecule has 0 unspecified atom stereocenters. The van der Waals surface area contributed by atoms with Crippen molar-refractivity contribution >= 4 is 11.6 Å². The fourth-order valence-electron chi connectivity index (χ4n) is 3.50. The second-order valence-corrected chi connectivity index (χ2v) is 7.64. The number of amides is 1. The van der Waals surface area contributed by atoms with Gasteiger partial charge in [-0.2, -0.15) is 10.1 Å². The van der Waals surface area contributed by atoms with Crippen molar-refractivity contribution in [2.24, 2.45) is 0 Å². The third-order valence-corrected chi connectivity index (χ3v) is 5.55. The Hall–Kier alpha value is -3.81. The average Bonchev–Trinajstić information content (AvgIpc) is 3.36. The molecule has 1 aliphatic carbocycles. The molecule has 1 N–H and O–H groups in total. The number of carbonyl (C=O) groups excluding carboxylic acids is 1. The Kier molecular flexibility index (Phi) is 4.82. The molecular weight excluding hydrogens is 397 g/mol. The van der Waals surface area contributed by atoms with Crippen molar-refractivity contribution in [1.82, 2.24) is 19.9 Å². The predicted octanol–water partition coefficient (Wildman–Crippen LogP) is 4.89. The first kappa shape index (κ1) is 19.2. The van der Waals surface area contributed by atoms with Gasteiger partial charge >= 0.3 is 0 Å². The van der Waals surface area contributed by atoms with Gasteiger partial charge in [-0.15, -0.1) is 0 Å². The normalized spacial score (nSPS) is 13.7. The SMILES string of the molecule is Cc1nn(-c2ccc(-c3noc(C4CCC4)n3)cc2)cc1C(=O)Nc1ccccc1F. The molecule has 2 aromatic heterocycles. The van der Waals surface area contributed by atoms with Crippen molar-refractivity contribution in [2.45, 2.75) is 32.1 Å². The number of para-hydroxylation sites is 1. The monoisotopic (exact) mass is 417 g/mol. The Morgan fingerprint density at radius 1 is 1.16 bits per heavy atom. The summed E-state index contributed by atoms with van der Waals surface area (Å²) < 4.78 is 20.8. The molecule has 1 amide bonds. The van der Waals surface area contributed by atoms with Gasteiger partial charge in [0, 0.05) is 17.7 Å². The number of aromatic nitrogens is 4. The number of benzene rings is 2. The number of carbonyl (C=O) groups is 1. The van der Waals surface area contributed by atoms with Crippen molar-refractivity contribution in [3.05, 3.63) is 77.7 Å². The Bertz CT molecular complexity index is 1240. The lowest BCUT2D eigenvalue weighted by atomic mass is 9.85. The van der Waals surface area contributed by atoms with Crippen molar-refractivity contribution in [3.63, 3.8) is 0 Å². The average molecular weight is 417 g/mol. The van der Waals surface area contributed by atoms with Crippen molar-refractivity contribution < 1.29 is 13.7 Å². The predicted molar refractivity (Wildman–Crippen MR) is 113 cm³/mol. The molecule has 8 heteroatoms. The van der Waals surface area contributed by atoms with Crippen LogP contribution in [0.3, 0.4) is 0 Å². The van der Waals surface area contributed by atoms with Gasteiger partial charge in [-0.3, -0.25) is 4.79 Å². The number of halogens is 1. The van der Waals surface area contributed by atoms with E-state index in [0.717, 1.165) is 24.1 Å². The fraction of sp³-hybridized carbons (Fsp3) is 0.217. The molecular formula is C23H20FN5O2. The second-order valence-electron chi connectivity index (χ2n) is 7.64. The van der Waals surface area contributed by atoms with E-state index in [1.54, 1.807) is 29.9 Å². The van der Waals surface area contributed by atoms with Crippen LogP contribution in [-0.2, 0) is 0 Å². The summed E-state index contributed by atoms with van der Waals surface area (Å²) in [5.41, 5.74) is 2.67. The second kappa shape index (κ2) is 7.79. The van der Waals surface area contributed by atoms with Crippen LogP contribution in [0.5, 0.6) is 0 Å². The standard InChI is InChI=1S/C23H20FN5O2/c1-14-18(22(30)25-20-8-3-2-7-19(20)24)13-29(27-14)17-11-9-15(10-12-17)21-26-23(31-28-21)16-5-4-6-16/h2-3,7-13,16H,4-6H2,1H3,(H,25,30). The van der Waals surface area contributed by atoms with E-state index >= 15 is 0 Å². The zero-order chi connectivity index (χ0) is 21.4. The molecule has 2 heterocycles.